The van der Waals surface area contributed by atoms with Crippen LogP contribution in [-0.2, 0) is 4.79 Å². The quantitative estimate of drug-likeness (QED) is 0.649. The molecule has 8 heteroatoms. The van der Waals surface area contributed by atoms with Crippen LogP contribution in [0.4, 0.5) is 8.78 Å². The van der Waals surface area contributed by atoms with Gasteiger partial charge in [-0.1, -0.05) is 11.8 Å². The molecule has 3 rings (SSSR count). The highest BCUT2D eigenvalue weighted by Gasteiger charge is 2.19. The van der Waals surface area contributed by atoms with E-state index in [1.807, 2.05) is 20.8 Å². The number of nitrogens with one attached hydrogen (secondary N) is 1. The fourth-order valence-corrected chi connectivity index (χ4v) is 3.31. The summed E-state index contributed by atoms with van der Waals surface area (Å²) >= 11 is 1.22. The maximum absolute atomic E-state index is 13.4. The first-order valence-corrected chi connectivity index (χ1v) is 9.62. The van der Waals surface area contributed by atoms with Crippen LogP contribution in [0.1, 0.15) is 20.8 Å². The number of halogens is 2. The van der Waals surface area contributed by atoms with E-state index >= 15 is 0 Å². The molecule has 0 saturated carbocycles. The van der Waals surface area contributed by atoms with Crippen LogP contribution in [0.5, 0.6) is 0 Å². The summed E-state index contributed by atoms with van der Waals surface area (Å²) in [7, 11) is 0. The first-order valence-electron chi connectivity index (χ1n) is 8.64. The third-order valence-corrected chi connectivity index (χ3v) is 4.60. The fraction of sp³-hybridized carbons (Fsp3) is 0.250. The van der Waals surface area contributed by atoms with Gasteiger partial charge in [0.1, 0.15) is 11.6 Å². The first-order chi connectivity index (χ1) is 13.2. The second-order valence-corrected chi connectivity index (χ2v) is 8.15. The second-order valence-electron chi connectivity index (χ2n) is 7.21. The molecule has 0 fully saturated rings. The summed E-state index contributed by atoms with van der Waals surface area (Å²) < 4.78 is 28.4. The van der Waals surface area contributed by atoms with Crippen LogP contribution in [0, 0.1) is 11.6 Å². The summed E-state index contributed by atoms with van der Waals surface area (Å²) in [5.74, 6) is -0.219. The van der Waals surface area contributed by atoms with Crippen LogP contribution in [0.2, 0.25) is 0 Å². The molecule has 28 heavy (non-hydrogen) atoms. The van der Waals surface area contributed by atoms with Gasteiger partial charge in [-0.2, -0.15) is 0 Å². The van der Waals surface area contributed by atoms with Crippen LogP contribution in [0.25, 0.3) is 17.1 Å². The molecular weight excluding hydrogens is 382 g/mol. The number of carbonyl (C=O) groups is 1. The number of nitrogens with zero attached hydrogens (tertiary/aromatic N) is 3. The van der Waals surface area contributed by atoms with Crippen molar-refractivity contribution in [1.82, 2.24) is 20.1 Å². The number of hydrogen-bond acceptors (Lipinski definition) is 4. The van der Waals surface area contributed by atoms with Crippen molar-refractivity contribution in [2.24, 2.45) is 0 Å². The summed E-state index contributed by atoms with van der Waals surface area (Å²) in [6, 6.07) is 11.7. The van der Waals surface area contributed by atoms with E-state index in [-0.39, 0.29) is 28.8 Å². The van der Waals surface area contributed by atoms with Gasteiger partial charge in [-0.15, -0.1) is 10.2 Å². The maximum atomic E-state index is 13.4. The molecule has 0 aliphatic heterocycles. The van der Waals surface area contributed by atoms with Gasteiger partial charge in [0.05, 0.1) is 5.75 Å². The van der Waals surface area contributed by atoms with Gasteiger partial charge in [0, 0.05) is 16.8 Å². The summed E-state index contributed by atoms with van der Waals surface area (Å²) in [4.78, 5) is 12.2. The van der Waals surface area contributed by atoms with E-state index in [2.05, 4.69) is 15.5 Å². The Labute approximate surface area is 166 Å². The largest absolute Gasteiger partial charge is 0.351 e. The van der Waals surface area contributed by atoms with Crippen molar-refractivity contribution in [3.8, 4) is 17.1 Å². The molecular formula is C20H20F2N4OS. The molecule has 5 nitrogen and oxygen atoms in total. The van der Waals surface area contributed by atoms with Crippen LogP contribution >= 0.6 is 11.8 Å². The number of hydrogen-bond donors (Lipinski definition) is 1. The summed E-state index contributed by atoms with van der Waals surface area (Å²) in [6.45, 7) is 5.72. The van der Waals surface area contributed by atoms with Crippen LogP contribution in [0.3, 0.4) is 0 Å². The monoisotopic (exact) mass is 402 g/mol. The van der Waals surface area contributed by atoms with Gasteiger partial charge < -0.3 is 5.32 Å². The van der Waals surface area contributed by atoms with Gasteiger partial charge >= 0.3 is 0 Å². The zero-order valence-corrected chi connectivity index (χ0v) is 16.6. The summed E-state index contributed by atoms with van der Waals surface area (Å²) in [6.07, 6.45) is 0. The average Bonchev–Trinajstić information content (AvgIpc) is 3.04. The SMILES string of the molecule is CC(C)(C)NC(=O)CSc1nnc(-c2ccc(F)cc2)n1-c1ccc(F)cc1. The number of amides is 1. The number of rotatable bonds is 5. The van der Waals surface area contributed by atoms with Crippen molar-refractivity contribution < 1.29 is 13.6 Å². The molecule has 0 aliphatic carbocycles. The minimum atomic E-state index is -0.362. The third-order valence-electron chi connectivity index (χ3n) is 3.67. The van der Waals surface area contributed by atoms with Crippen LogP contribution in [0.15, 0.2) is 53.7 Å². The lowest BCUT2D eigenvalue weighted by molar-refractivity contribution is -0.119. The van der Waals surface area contributed by atoms with E-state index in [1.165, 1.54) is 36.0 Å². The van der Waals surface area contributed by atoms with E-state index in [1.54, 1.807) is 28.8 Å². The third kappa shape index (κ3) is 4.95. The lowest BCUT2D eigenvalue weighted by atomic mass is 10.1. The second kappa shape index (κ2) is 8.10. The Morgan fingerprint density at radius 2 is 1.57 bits per heavy atom. The zero-order valence-electron chi connectivity index (χ0n) is 15.7. The van der Waals surface area contributed by atoms with Gasteiger partial charge in [-0.25, -0.2) is 8.78 Å². The van der Waals surface area contributed by atoms with Crippen molar-refractivity contribution >= 4 is 17.7 Å². The lowest BCUT2D eigenvalue weighted by Crippen LogP contribution is -2.41. The van der Waals surface area contributed by atoms with Gasteiger partial charge in [-0.3, -0.25) is 9.36 Å². The Balaban J connectivity index is 1.95. The Morgan fingerprint density at radius 1 is 1.00 bits per heavy atom. The van der Waals surface area contributed by atoms with E-state index in [0.717, 1.165) is 0 Å². The molecule has 1 aromatic heterocycles. The van der Waals surface area contributed by atoms with E-state index in [4.69, 9.17) is 0 Å². The normalized spacial score (nSPS) is 11.5. The standard InChI is InChI=1S/C20H20F2N4OS/c1-20(2,3)23-17(27)12-28-19-25-24-18(13-4-6-14(21)7-5-13)26(19)16-10-8-15(22)9-11-16/h4-11H,12H2,1-3H3,(H,23,27). The molecule has 0 saturated heterocycles. The van der Waals surface area contributed by atoms with Crippen LogP contribution in [-0.4, -0.2) is 32.0 Å². The number of benzene rings is 2. The van der Waals surface area contributed by atoms with Gasteiger partial charge in [0.15, 0.2) is 11.0 Å². The first kappa shape index (κ1) is 20.0. The highest BCUT2D eigenvalue weighted by Crippen LogP contribution is 2.28. The van der Waals surface area contributed by atoms with Crippen molar-refractivity contribution in [2.45, 2.75) is 31.5 Å². The van der Waals surface area contributed by atoms with Crippen LogP contribution < -0.4 is 5.32 Å². The number of thioether (sulfide) groups is 1. The molecule has 0 bridgehead atoms. The van der Waals surface area contributed by atoms with Crippen molar-refractivity contribution in [3.05, 3.63) is 60.2 Å². The molecule has 2 aromatic carbocycles. The van der Waals surface area contributed by atoms with Crippen molar-refractivity contribution in [1.29, 1.82) is 0 Å². The predicted molar refractivity (Wildman–Crippen MR) is 105 cm³/mol. The molecule has 146 valence electrons. The average molecular weight is 402 g/mol. The number of aromatic nitrogens is 3. The molecule has 0 atom stereocenters. The van der Waals surface area contributed by atoms with E-state index in [9.17, 15) is 13.6 Å². The smallest absolute Gasteiger partial charge is 0.230 e. The Hall–Kier alpha value is -2.74. The van der Waals surface area contributed by atoms with E-state index in [0.29, 0.717) is 22.2 Å². The molecule has 0 spiro atoms. The summed E-state index contributed by atoms with van der Waals surface area (Å²) in [5, 5.41) is 11.8. The topological polar surface area (TPSA) is 59.8 Å². The Bertz CT molecular complexity index is 963. The molecule has 0 aliphatic rings. The highest BCUT2D eigenvalue weighted by molar-refractivity contribution is 7.99. The Morgan fingerprint density at radius 3 is 2.14 bits per heavy atom. The fourth-order valence-electron chi connectivity index (χ4n) is 2.56. The minimum Gasteiger partial charge on any atom is -0.351 e. The van der Waals surface area contributed by atoms with Crippen molar-refractivity contribution in [2.75, 3.05) is 5.75 Å². The maximum Gasteiger partial charge on any atom is 0.230 e. The van der Waals surface area contributed by atoms with E-state index < -0.39 is 0 Å². The van der Waals surface area contributed by atoms with Gasteiger partial charge in [-0.05, 0) is 69.3 Å². The van der Waals surface area contributed by atoms with Crippen molar-refractivity contribution in [3.63, 3.8) is 0 Å². The highest BCUT2D eigenvalue weighted by atomic mass is 32.2. The lowest BCUT2D eigenvalue weighted by Gasteiger charge is -2.20. The minimum absolute atomic E-state index is 0.130. The predicted octanol–water partition coefficient (Wildman–Crippen LogP) is 4.22. The molecule has 1 heterocycles. The zero-order chi connectivity index (χ0) is 20.3. The molecule has 1 amide bonds. The molecule has 0 unspecified atom stereocenters. The molecule has 0 radical (unpaired) electrons. The Kier molecular flexibility index (Phi) is 5.79. The number of carbonyl (C=O) groups excluding carboxylic acids is 1. The van der Waals surface area contributed by atoms with Gasteiger partial charge in [0.25, 0.3) is 0 Å². The van der Waals surface area contributed by atoms with Gasteiger partial charge in [0.2, 0.25) is 5.91 Å². The molecule has 3 aromatic rings. The molecule has 1 N–H and O–H groups in total. The summed E-state index contributed by atoms with van der Waals surface area (Å²) in [5.41, 5.74) is 0.968.